The highest BCUT2D eigenvalue weighted by molar-refractivity contribution is 7.22. The van der Waals surface area contributed by atoms with E-state index in [1.54, 1.807) is 7.11 Å². The van der Waals surface area contributed by atoms with Gasteiger partial charge < -0.3 is 14.8 Å². The molecule has 1 aromatic heterocycles. The summed E-state index contributed by atoms with van der Waals surface area (Å²) < 4.78 is 11.7. The molecule has 5 nitrogen and oxygen atoms in total. The number of rotatable bonds is 6. The van der Waals surface area contributed by atoms with Crippen molar-refractivity contribution in [3.63, 3.8) is 0 Å². The van der Waals surface area contributed by atoms with Gasteiger partial charge in [-0.05, 0) is 30.3 Å². The Morgan fingerprint density at radius 1 is 1.17 bits per heavy atom. The lowest BCUT2D eigenvalue weighted by Crippen LogP contribution is -2.14. The molecule has 1 heterocycles. The Hall–Kier alpha value is -2.60. The summed E-state index contributed by atoms with van der Waals surface area (Å²) in [4.78, 5) is 16.3. The molecule has 0 fully saturated rings. The second-order valence-corrected chi connectivity index (χ2v) is 5.84. The number of carbonyl (C=O) groups is 1. The van der Waals surface area contributed by atoms with Gasteiger partial charge in [-0.1, -0.05) is 29.5 Å². The van der Waals surface area contributed by atoms with E-state index in [2.05, 4.69) is 10.3 Å². The predicted octanol–water partition coefficient (Wildman–Crippen LogP) is 3.71. The van der Waals surface area contributed by atoms with Gasteiger partial charge in [0.15, 0.2) is 5.13 Å². The highest BCUT2D eigenvalue weighted by Crippen LogP contribution is 2.29. The average Bonchev–Trinajstić information content (AvgIpc) is 2.96. The number of aromatic nitrogens is 1. The number of ether oxygens (including phenoxy) is 2. The molecule has 0 spiro atoms. The molecule has 0 unspecified atom stereocenters. The van der Waals surface area contributed by atoms with Gasteiger partial charge in [-0.2, -0.15) is 0 Å². The molecule has 0 saturated heterocycles. The lowest BCUT2D eigenvalue weighted by atomic mass is 10.3. The smallest absolute Gasteiger partial charge is 0.229 e. The summed E-state index contributed by atoms with van der Waals surface area (Å²) in [6, 6.07) is 15.1. The lowest BCUT2D eigenvalue weighted by molar-refractivity contribution is -0.116. The van der Waals surface area contributed by atoms with Gasteiger partial charge >= 0.3 is 0 Å². The molecule has 0 atom stereocenters. The van der Waals surface area contributed by atoms with Crippen LogP contribution in [0.15, 0.2) is 48.5 Å². The van der Waals surface area contributed by atoms with Crippen molar-refractivity contribution >= 4 is 32.6 Å². The van der Waals surface area contributed by atoms with Crippen molar-refractivity contribution in [1.82, 2.24) is 4.98 Å². The standard InChI is InChI=1S/C17H16N2O3S/c1-21-13-7-8-14-15(11-13)23-17(18-14)19-16(20)9-10-22-12-5-3-2-4-6-12/h2-8,11H,9-10H2,1H3,(H,18,19,20). The van der Waals surface area contributed by atoms with Crippen LogP contribution < -0.4 is 14.8 Å². The Kier molecular flexibility index (Phi) is 4.73. The fraction of sp³-hybridized carbons (Fsp3) is 0.176. The van der Waals surface area contributed by atoms with Crippen LogP contribution in [0.4, 0.5) is 5.13 Å². The Morgan fingerprint density at radius 3 is 2.78 bits per heavy atom. The number of hydrogen-bond acceptors (Lipinski definition) is 5. The first-order chi connectivity index (χ1) is 11.2. The topological polar surface area (TPSA) is 60.5 Å². The first-order valence-electron chi connectivity index (χ1n) is 7.17. The van der Waals surface area contributed by atoms with Crippen molar-refractivity contribution in [2.24, 2.45) is 0 Å². The minimum Gasteiger partial charge on any atom is -0.497 e. The average molecular weight is 328 g/mol. The van der Waals surface area contributed by atoms with Crippen LogP contribution in [-0.4, -0.2) is 24.6 Å². The molecule has 23 heavy (non-hydrogen) atoms. The molecule has 0 aliphatic carbocycles. The second kappa shape index (κ2) is 7.11. The number of anilines is 1. The summed E-state index contributed by atoms with van der Waals surface area (Å²) in [5.74, 6) is 1.41. The number of nitrogens with one attached hydrogen (secondary N) is 1. The van der Waals surface area contributed by atoms with E-state index in [0.29, 0.717) is 11.7 Å². The maximum Gasteiger partial charge on any atom is 0.229 e. The number of amides is 1. The molecule has 0 aliphatic rings. The van der Waals surface area contributed by atoms with Gasteiger partial charge in [0, 0.05) is 0 Å². The fourth-order valence-corrected chi connectivity index (χ4v) is 2.96. The van der Waals surface area contributed by atoms with Gasteiger partial charge in [0.25, 0.3) is 0 Å². The summed E-state index contributed by atoms with van der Waals surface area (Å²) >= 11 is 1.42. The van der Waals surface area contributed by atoms with Gasteiger partial charge in [-0.25, -0.2) is 4.98 Å². The van der Waals surface area contributed by atoms with Crippen LogP contribution in [0, 0.1) is 0 Å². The SMILES string of the molecule is COc1ccc2nc(NC(=O)CCOc3ccccc3)sc2c1. The largest absolute Gasteiger partial charge is 0.497 e. The van der Waals surface area contributed by atoms with E-state index in [4.69, 9.17) is 9.47 Å². The number of hydrogen-bond donors (Lipinski definition) is 1. The second-order valence-electron chi connectivity index (χ2n) is 4.81. The monoisotopic (exact) mass is 328 g/mol. The quantitative estimate of drug-likeness (QED) is 0.749. The van der Waals surface area contributed by atoms with E-state index in [-0.39, 0.29) is 12.3 Å². The van der Waals surface area contributed by atoms with Crippen molar-refractivity contribution in [2.75, 3.05) is 19.0 Å². The molecule has 6 heteroatoms. The van der Waals surface area contributed by atoms with E-state index < -0.39 is 0 Å². The number of benzene rings is 2. The maximum atomic E-state index is 12.0. The third-order valence-corrected chi connectivity index (χ3v) is 4.12. The lowest BCUT2D eigenvalue weighted by Gasteiger charge is -2.05. The normalized spacial score (nSPS) is 10.5. The molecule has 0 bridgehead atoms. The Labute approximate surface area is 137 Å². The zero-order chi connectivity index (χ0) is 16.1. The van der Waals surface area contributed by atoms with E-state index in [1.807, 2.05) is 48.5 Å². The molecule has 0 saturated carbocycles. The molecule has 118 valence electrons. The fourth-order valence-electron chi connectivity index (χ4n) is 2.05. The summed E-state index contributed by atoms with van der Waals surface area (Å²) in [7, 11) is 1.62. The van der Waals surface area contributed by atoms with E-state index in [0.717, 1.165) is 21.7 Å². The van der Waals surface area contributed by atoms with Crippen LogP contribution >= 0.6 is 11.3 Å². The van der Waals surface area contributed by atoms with Gasteiger partial charge in [0.05, 0.1) is 30.4 Å². The Bertz CT molecular complexity index is 802. The van der Waals surface area contributed by atoms with Crippen LogP contribution in [-0.2, 0) is 4.79 Å². The number of thiazole rings is 1. The summed E-state index contributed by atoms with van der Waals surface area (Å²) in [5, 5.41) is 3.38. The van der Waals surface area contributed by atoms with Crippen molar-refractivity contribution < 1.29 is 14.3 Å². The highest BCUT2D eigenvalue weighted by Gasteiger charge is 2.09. The van der Waals surface area contributed by atoms with Crippen LogP contribution in [0.3, 0.4) is 0 Å². The van der Waals surface area contributed by atoms with Gasteiger partial charge in [0.1, 0.15) is 11.5 Å². The van der Waals surface area contributed by atoms with E-state index >= 15 is 0 Å². The first-order valence-corrected chi connectivity index (χ1v) is 7.98. The first kappa shape index (κ1) is 15.3. The van der Waals surface area contributed by atoms with Crippen molar-refractivity contribution in [3.05, 3.63) is 48.5 Å². The number of nitrogens with zero attached hydrogens (tertiary/aromatic N) is 1. The summed E-state index contributed by atoms with van der Waals surface area (Å²) in [6.45, 7) is 0.328. The Balaban J connectivity index is 1.55. The van der Waals surface area contributed by atoms with Gasteiger partial charge in [-0.15, -0.1) is 0 Å². The minimum atomic E-state index is -0.119. The predicted molar refractivity (Wildman–Crippen MR) is 91.4 cm³/mol. The molecule has 1 amide bonds. The highest BCUT2D eigenvalue weighted by atomic mass is 32.1. The zero-order valence-corrected chi connectivity index (χ0v) is 13.4. The number of fused-ring (bicyclic) bond motifs is 1. The van der Waals surface area contributed by atoms with Crippen LogP contribution in [0.2, 0.25) is 0 Å². The molecule has 3 rings (SSSR count). The maximum absolute atomic E-state index is 12.0. The zero-order valence-electron chi connectivity index (χ0n) is 12.6. The molecule has 0 aliphatic heterocycles. The molecule has 0 radical (unpaired) electrons. The van der Waals surface area contributed by atoms with Crippen LogP contribution in [0.1, 0.15) is 6.42 Å². The molecular weight excluding hydrogens is 312 g/mol. The Morgan fingerprint density at radius 2 is 2.00 bits per heavy atom. The van der Waals surface area contributed by atoms with E-state index in [9.17, 15) is 4.79 Å². The third-order valence-electron chi connectivity index (χ3n) is 3.18. The van der Waals surface area contributed by atoms with E-state index in [1.165, 1.54) is 11.3 Å². The van der Waals surface area contributed by atoms with Gasteiger partial charge in [-0.3, -0.25) is 4.79 Å². The van der Waals surface area contributed by atoms with Gasteiger partial charge in [0.2, 0.25) is 5.91 Å². The molecule has 2 aromatic carbocycles. The molecule has 1 N–H and O–H groups in total. The van der Waals surface area contributed by atoms with Crippen LogP contribution in [0.25, 0.3) is 10.2 Å². The van der Waals surface area contributed by atoms with Crippen molar-refractivity contribution in [2.45, 2.75) is 6.42 Å². The minimum absolute atomic E-state index is 0.119. The van der Waals surface area contributed by atoms with Crippen LogP contribution in [0.5, 0.6) is 11.5 Å². The van der Waals surface area contributed by atoms with Crippen molar-refractivity contribution in [3.8, 4) is 11.5 Å². The summed E-state index contributed by atoms with van der Waals surface area (Å²) in [6.07, 6.45) is 0.272. The number of carbonyl (C=O) groups excluding carboxylic acids is 1. The summed E-state index contributed by atoms with van der Waals surface area (Å²) in [5.41, 5.74) is 0.839. The molecular formula is C17H16N2O3S. The third kappa shape index (κ3) is 3.98. The number of para-hydroxylation sites is 1. The van der Waals surface area contributed by atoms with Crippen molar-refractivity contribution in [1.29, 1.82) is 0 Å². The number of methoxy groups -OCH3 is 1. The molecule has 3 aromatic rings.